The Labute approximate surface area is 431 Å². The summed E-state index contributed by atoms with van der Waals surface area (Å²) in [5, 5.41) is 0.921. The average Bonchev–Trinajstić information content (AvgIpc) is 3.09. The van der Waals surface area contributed by atoms with Gasteiger partial charge in [0, 0.05) is 57.5 Å². The minimum Gasteiger partial charge on any atom is -0.376 e. The molecule has 8 nitrogen and oxygen atoms in total. The molecule has 0 aliphatic carbocycles. The van der Waals surface area contributed by atoms with E-state index in [1.807, 2.05) is 34.6 Å². The van der Waals surface area contributed by atoms with Crippen molar-refractivity contribution in [3.05, 3.63) is 0 Å². The number of hydrogen-bond acceptors (Lipinski definition) is 8. The van der Waals surface area contributed by atoms with Gasteiger partial charge in [-0.3, -0.25) is 0 Å². The Morgan fingerprint density at radius 3 is 0.576 bits per heavy atom. The van der Waals surface area contributed by atoms with Crippen molar-refractivity contribution in [2.75, 3.05) is 64.1 Å². The smallest absolute Gasteiger partial charge is 0.0598 e. The molecule has 0 heterocycles. The molecule has 0 amide bonds. The number of rotatable bonds is 18. The maximum Gasteiger partial charge on any atom is 0.0598 e. The first kappa shape index (κ1) is 83.3. The summed E-state index contributed by atoms with van der Waals surface area (Å²) >= 11 is 8.73. The molecule has 0 saturated heterocycles. The Balaban J connectivity index is -0.0000000973. The van der Waals surface area contributed by atoms with Crippen LogP contribution in [0, 0.1) is 0 Å². The van der Waals surface area contributed by atoms with Crippen LogP contribution in [0.15, 0.2) is 0 Å². The molecule has 66 heavy (non-hydrogen) atoms. The molecule has 0 spiro atoms. The summed E-state index contributed by atoms with van der Waals surface area (Å²) in [6, 6.07) is 0. The monoisotopic (exact) mass is 1040 g/mol. The quantitative estimate of drug-likeness (QED) is 0.0993. The van der Waals surface area contributed by atoms with Gasteiger partial charge in [0.1, 0.15) is 0 Å². The van der Waals surface area contributed by atoms with E-state index >= 15 is 0 Å². The van der Waals surface area contributed by atoms with Crippen molar-refractivity contribution in [1.29, 1.82) is 0 Å². The van der Waals surface area contributed by atoms with E-state index in [4.69, 9.17) is 49.5 Å². The van der Waals surface area contributed by atoms with Crippen molar-refractivity contribution in [2.45, 2.75) is 304 Å². The van der Waals surface area contributed by atoms with Crippen molar-refractivity contribution in [3.8, 4) is 0 Å². The summed E-state index contributed by atoms with van der Waals surface area (Å²) in [4.78, 5) is 0. The molecule has 0 atom stereocenters. The molecule has 0 aromatic heterocycles. The van der Waals surface area contributed by atoms with Gasteiger partial charge in [0.25, 0.3) is 0 Å². The molecule has 0 radical (unpaired) electrons. The van der Waals surface area contributed by atoms with Crippen molar-refractivity contribution in [1.82, 2.24) is 0 Å². The van der Waals surface area contributed by atoms with Gasteiger partial charge in [-0.15, -0.1) is 11.6 Å². The van der Waals surface area contributed by atoms with E-state index < -0.39 is 0 Å². The molecule has 0 unspecified atom stereocenters. The highest BCUT2D eigenvalue weighted by Gasteiger charge is 2.12. The largest absolute Gasteiger partial charge is 0.376 e. The summed E-state index contributed by atoms with van der Waals surface area (Å²) in [6.07, 6.45) is 9.24. The Bertz CT molecular complexity index is 779. The molecular weight excluding hydrogens is 916 g/mol. The minimum atomic E-state index is -0.00788. The summed E-state index contributed by atoms with van der Waals surface area (Å²) in [5.41, 5.74) is 0.318. The van der Waals surface area contributed by atoms with E-state index in [1.165, 1.54) is 38.5 Å². The molecule has 0 aliphatic heterocycles. The fourth-order valence-electron chi connectivity index (χ4n) is 3.62. The van der Waals surface area contributed by atoms with Gasteiger partial charge >= 0.3 is 0 Å². The Hall–Kier alpha value is 0.450. The van der Waals surface area contributed by atoms with Crippen LogP contribution < -0.4 is 0 Å². The molecule has 0 aromatic rings. The number of halogens is 2. The molecule has 10 heteroatoms. The zero-order valence-corrected chi connectivity index (χ0v) is 53.1. The highest BCUT2D eigenvalue weighted by atomic mass is 79.9. The van der Waals surface area contributed by atoms with Gasteiger partial charge < -0.3 is 37.9 Å². The topological polar surface area (TPSA) is 73.8 Å². The second kappa shape index (κ2) is 49.0. The van der Waals surface area contributed by atoms with Crippen LogP contribution >= 0.6 is 27.5 Å². The van der Waals surface area contributed by atoms with Crippen LogP contribution in [0.5, 0.6) is 0 Å². The van der Waals surface area contributed by atoms with E-state index in [9.17, 15) is 0 Å². The first-order valence-corrected chi connectivity index (χ1v) is 27.4. The second-order valence-corrected chi connectivity index (χ2v) is 24.8. The van der Waals surface area contributed by atoms with Crippen molar-refractivity contribution in [2.24, 2.45) is 0 Å². The fourth-order valence-corrected chi connectivity index (χ4v) is 3.89. The number of ether oxygens (including phenoxy) is 8. The van der Waals surface area contributed by atoms with Crippen molar-refractivity contribution < 1.29 is 37.9 Å². The van der Waals surface area contributed by atoms with E-state index in [2.05, 4.69) is 189 Å². The lowest BCUT2D eigenvalue weighted by Gasteiger charge is -2.18. The minimum absolute atomic E-state index is 0.00788. The van der Waals surface area contributed by atoms with Crippen LogP contribution in [-0.4, -0.2) is 109 Å². The average molecular weight is 1040 g/mol. The molecule has 0 bridgehead atoms. The van der Waals surface area contributed by atoms with E-state index in [0.29, 0.717) is 5.88 Å². The van der Waals surface area contributed by atoms with Crippen molar-refractivity contribution in [3.63, 3.8) is 0 Å². The van der Waals surface area contributed by atoms with Crippen LogP contribution in [0.25, 0.3) is 0 Å². The maximum atomic E-state index is 5.47. The normalized spacial score (nSPS) is 12.0. The molecule has 0 rings (SSSR count). The van der Waals surface area contributed by atoms with Gasteiger partial charge in [-0.05, 0) is 212 Å². The third kappa shape index (κ3) is 144. The summed E-state index contributed by atoms with van der Waals surface area (Å²) in [6.45, 7) is 69.0. The standard InChI is InChI=1S/3C8H18O.C7H15ClO.C7H16O.C6H13BrO.2C6H14O/c3*1-5-6-7-9-8(2,3)4;1-7(2,3)9-6-4-5-8;1-5-6-8-7(2,3)4;1-6(2,3)8-5-4-7;2*1-5-7-6(2,3)4/h3*5-7H2,1-4H3;4-6H2,1-3H3;5-6H2,1-4H3;4-5H2,1-3H3;2*5H2,1-4H3. The number of alkyl halides is 2. The molecule has 0 fully saturated rings. The Morgan fingerprint density at radius 2 is 0.470 bits per heavy atom. The van der Waals surface area contributed by atoms with Gasteiger partial charge in [-0.2, -0.15) is 0 Å². The summed E-state index contributed by atoms with van der Waals surface area (Å²) < 4.78 is 43.0. The third-order valence-corrected chi connectivity index (χ3v) is 7.01. The number of hydrogen-bond donors (Lipinski definition) is 0. The fraction of sp³-hybridized carbons (Fsp3) is 1.00. The van der Waals surface area contributed by atoms with Crippen LogP contribution in [0.4, 0.5) is 0 Å². The van der Waals surface area contributed by atoms with Crippen LogP contribution in [0.3, 0.4) is 0 Å². The third-order valence-electron chi connectivity index (χ3n) is 6.42. The molecule has 0 N–H and O–H groups in total. The molecule has 0 aliphatic rings. The predicted molar refractivity (Wildman–Crippen MR) is 301 cm³/mol. The van der Waals surface area contributed by atoms with E-state index in [0.717, 1.165) is 71.0 Å². The second-order valence-electron chi connectivity index (χ2n) is 23.6. The first-order chi connectivity index (χ1) is 29.5. The predicted octanol–water partition coefficient (Wildman–Crippen LogP) is 18.3. The van der Waals surface area contributed by atoms with E-state index in [1.54, 1.807) is 0 Å². The number of unbranched alkanes of at least 4 members (excludes halogenated alkanes) is 3. The lowest BCUT2D eigenvalue weighted by atomic mass is 10.2. The molecule has 412 valence electrons. The van der Waals surface area contributed by atoms with Gasteiger partial charge in [-0.1, -0.05) is 62.9 Å². The maximum absolute atomic E-state index is 5.47. The van der Waals surface area contributed by atoms with Gasteiger partial charge in [0.2, 0.25) is 0 Å². The SMILES string of the molecule is CC(C)(C)OCCBr.CC(C)(C)OCCCCl.CCCCOC(C)(C)C.CCCCOC(C)(C)C.CCCCOC(C)(C)C.CCCOC(C)(C)C.CCOC(C)(C)C.CCOC(C)(C)C. The summed E-state index contributed by atoms with van der Waals surface area (Å²) in [5.74, 6) is 0.691. The zero-order valence-electron chi connectivity index (χ0n) is 50.7. The highest BCUT2D eigenvalue weighted by Crippen LogP contribution is 2.11. The Morgan fingerprint density at radius 1 is 0.273 bits per heavy atom. The van der Waals surface area contributed by atoms with E-state index in [-0.39, 0.29) is 44.8 Å². The molecular formula is C56H126BrClO8. The molecule has 0 saturated carbocycles. The van der Waals surface area contributed by atoms with Crippen LogP contribution in [-0.2, 0) is 37.9 Å². The van der Waals surface area contributed by atoms with Crippen molar-refractivity contribution >= 4 is 27.5 Å². The first-order valence-electron chi connectivity index (χ1n) is 25.7. The van der Waals surface area contributed by atoms with Crippen LogP contribution in [0.2, 0.25) is 0 Å². The lowest BCUT2D eigenvalue weighted by molar-refractivity contribution is -0.00452. The highest BCUT2D eigenvalue weighted by molar-refractivity contribution is 9.09. The zero-order chi connectivity index (χ0) is 54.4. The lowest BCUT2D eigenvalue weighted by Crippen LogP contribution is -2.20. The van der Waals surface area contributed by atoms with Gasteiger partial charge in [0.15, 0.2) is 0 Å². The molecule has 0 aromatic carbocycles. The van der Waals surface area contributed by atoms with Gasteiger partial charge in [-0.25, -0.2) is 0 Å². The van der Waals surface area contributed by atoms with Crippen LogP contribution in [0.1, 0.15) is 259 Å². The van der Waals surface area contributed by atoms with Gasteiger partial charge in [0.05, 0.1) is 51.4 Å². The Kier molecular flexibility index (Phi) is 61.9. The summed E-state index contributed by atoms with van der Waals surface area (Å²) in [7, 11) is 0.